The molecule has 0 radical (unpaired) electrons. The van der Waals surface area contributed by atoms with Crippen molar-refractivity contribution in [2.24, 2.45) is 0 Å². The van der Waals surface area contributed by atoms with Gasteiger partial charge in [-0.05, 0) is 42.3 Å². The lowest BCUT2D eigenvalue weighted by Gasteiger charge is -2.30. The molecule has 0 spiro atoms. The fourth-order valence-electron chi connectivity index (χ4n) is 3.84. The summed E-state index contributed by atoms with van der Waals surface area (Å²) in [4.78, 5) is 19.2. The van der Waals surface area contributed by atoms with E-state index in [0.29, 0.717) is 23.8 Å². The minimum absolute atomic E-state index is 0.0824. The first-order valence-corrected chi connectivity index (χ1v) is 9.59. The second-order valence-electron chi connectivity index (χ2n) is 7.33. The number of rotatable bonds is 3. The molecule has 5 rings (SSSR count). The van der Waals surface area contributed by atoms with Crippen LogP contribution in [0.1, 0.15) is 32.6 Å². The van der Waals surface area contributed by atoms with E-state index in [4.69, 9.17) is 9.47 Å². The van der Waals surface area contributed by atoms with E-state index in [1.54, 1.807) is 18.5 Å². The summed E-state index contributed by atoms with van der Waals surface area (Å²) < 4.78 is 12.0. The van der Waals surface area contributed by atoms with Gasteiger partial charge in [0.05, 0.1) is 5.56 Å². The molecule has 2 aliphatic rings. The Labute approximate surface area is 169 Å². The lowest BCUT2D eigenvalue weighted by molar-refractivity contribution is 0.0876. The summed E-state index contributed by atoms with van der Waals surface area (Å²) in [5.41, 5.74) is 4.62. The maximum Gasteiger partial charge on any atom is 0.231 e. The Bertz CT molecular complexity index is 1110. The average molecular weight is 384 g/mol. The van der Waals surface area contributed by atoms with Crippen LogP contribution < -0.4 is 9.47 Å². The van der Waals surface area contributed by atoms with Crippen molar-refractivity contribution in [3.63, 3.8) is 0 Å². The molecule has 29 heavy (non-hydrogen) atoms. The molecule has 0 amide bonds. The van der Waals surface area contributed by atoms with Crippen molar-refractivity contribution in [2.75, 3.05) is 6.73 Å². The zero-order chi connectivity index (χ0) is 19.8. The van der Waals surface area contributed by atoms with E-state index in [-0.39, 0.29) is 5.78 Å². The number of carbonyl (C=O) groups is 1. The number of Topliss-reactive ketones (excluding diaryl/α,β-unsaturated/α-hetero) is 1. The van der Waals surface area contributed by atoms with Crippen molar-refractivity contribution in [1.29, 1.82) is 0 Å². The van der Waals surface area contributed by atoms with Crippen LogP contribution in [0.4, 0.5) is 0 Å². The van der Waals surface area contributed by atoms with Gasteiger partial charge in [0.15, 0.2) is 5.76 Å². The average Bonchev–Trinajstić information content (AvgIpc) is 3.05. The number of carbonyl (C=O) groups excluding carboxylic acids is 1. The molecule has 2 aliphatic heterocycles. The third kappa shape index (κ3) is 3.30. The molecule has 0 saturated carbocycles. The van der Waals surface area contributed by atoms with Gasteiger partial charge in [-0.2, -0.15) is 0 Å². The Morgan fingerprint density at radius 2 is 1.90 bits per heavy atom. The number of ketones is 1. The number of ether oxygens (including phenoxy) is 2. The first-order chi connectivity index (χ1) is 14.2. The van der Waals surface area contributed by atoms with Gasteiger partial charge < -0.3 is 9.47 Å². The maximum absolute atomic E-state index is 13.0. The van der Waals surface area contributed by atoms with Gasteiger partial charge >= 0.3 is 0 Å². The lowest BCUT2D eigenvalue weighted by atomic mass is 10.00. The van der Waals surface area contributed by atoms with Crippen LogP contribution in [0.15, 0.2) is 66.7 Å². The molecule has 5 heteroatoms. The Morgan fingerprint density at radius 3 is 2.69 bits per heavy atom. The molecule has 3 aromatic rings. The molecular weight excluding hydrogens is 364 g/mol. The van der Waals surface area contributed by atoms with Gasteiger partial charge in [0, 0.05) is 36.6 Å². The number of fused-ring (bicyclic) bond motifs is 2. The fraction of sp³-hybridized carbons (Fsp3) is 0.167. The Kier molecular flexibility index (Phi) is 4.37. The summed E-state index contributed by atoms with van der Waals surface area (Å²) in [6, 6.07) is 15.6. The monoisotopic (exact) mass is 384 g/mol. The van der Waals surface area contributed by atoms with Gasteiger partial charge in [-0.25, -0.2) is 0 Å². The third-order valence-corrected chi connectivity index (χ3v) is 5.25. The number of hydrogen-bond donors (Lipinski definition) is 0. The Morgan fingerprint density at radius 1 is 1.10 bits per heavy atom. The molecule has 5 nitrogen and oxygen atoms in total. The number of nitrogens with zero attached hydrogens (tertiary/aromatic N) is 2. The minimum Gasteiger partial charge on any atom is -0.477 e. The van der Waals surface area contributed by atoms with Crippen LogP contribution >= 0.6 is 0 Å². The summed E-state index contributed by atoms with van der Waals surface area (Å²) in [5, 5.41) is 0. The summed E-state index contributed by atoms with van der Waals surface area (Å²) in [6.45, 7) is 3.93. The van der Waals surface area contributed by atoms with Gasteiger partial charge in [0.25, 0.3) is 0 Å². The Hall–Kier alpha value is -3.44. The molecule has 0 saturated heterocycles. The van der Waals surface area contributed by atoms with Crippen molar-refractivity contribution < 1.29 is 14.3 Å². The van der Waals surface area contributed by atoms with Crippen LogP contribution in [0.2, 0.25) is 0 Å². The van der Waals surface area contributed by atoms with Crippen molar-refractivity contribution in [1.82, 2.24) is 9.88 Å². The van der Waals surface area contributed by atoms with Crippen LogP contribution in [0.5, 0.6) is 11.5 Å². The number of pyridine rings is 1. The van der Waals surface area contributed by atoms with Crippen molar-refractivity contribution in [2.45, 2.75) is 20.0 Å². The quantitative estimate of drug-likeness (QED) is 0.628. The highest BCUT2D eigenvalue weighted by Crippen LogP contribution is 2.43. The van der Waals surface area contributed by atoms with Crippen LogP contribution in [-0.2, 0) is 13.1 Å². The van der Waals surface area contributed by atoms with E-state index in [1.807, 2.05) is 55.5 Å². The zero-order valence-electron chi connectivity index (χ0n) is 16.1. The van der Waals surface area contributed by atoms with E-state index in [0.717, 1.165) is 35.5 Å². The van der Waals surface area contributed by atoms with Crippen molar-refractivity contribution in [3.8, 4) is 11.5 Å². The van der Waals surface area contributed by atoms with Gasteiger partial charge in [-0.3, -0.25) is 14.7 Å². The molecule has 0 N–H and O–H groups in total. The molecule has 0 fully saturated rings. The maximum atomic E-state index is 13.0. The molecule has 2 aromatic carbocycles. The standard InChI is InChI=1S/C24H20N2O3/c1-16-23-19(14-26(15-28-23)13-18-7-9-25-10-8-18)12-20-22(27)21(29-24(16)20)11-17-5-3-2-4-6-17/h2-12H,13-15H2,1H3/b21-11-. The molecule has 144 valence electrons. The summed E-state index contributed by atoms with van der Waals surface area (Å²) in [7, 11) is 0. The number of allylic oxidation sites excluding steroid dienone is 1. The summed E-state index contributed by atoms with van der Waals surface area (Å²) in [6.07, 6.45) is 5.38. The predicted molar refractivity (Wildman–Crippen MR) is 110 cm³/mol. The second-order valence-corrected chi connectivity index (χ2v) is 7.33. The largest absolute Gasteiger partial charge is 0.477 e. The highest BCUT2D eigenvalue weighted by molar-refractivity contribution is 6.15. The molecule has 0 unspecified atom stereocenters. The topological polar surface area (TPSA) is 51.7 Å². The van der Waals surface area contributed by atoms with E-state index in [9.17, 15) is 4.79 Å². The first kappa shape index (κ1) is 17.6. The first-order valence-electron chi connectivity index (χ1n) is 9.59. The van der Waals surface area contributed by atoms with Crippen LogP contribution in [0.3, 0.4) is 0 Å². The van der Waals surface area contributed by atoms with E-state index < -0.39 is 0 Å². The molecule has 1 aromatic heterocycles. The van der Waals surface area contributed by atoms with Crippen molar-refractivity contribution >= 4 is 11.9 Å². The van der Waals surface area contributed by atoms with Crippen molar-refractivity contribution in [3.05, 3.63) is 94.5 Å². The fourth-order valence-corrected chi connectivity index (χ4v) is 3.84. The summed E-state index contributed by atoms with van der Waals surface area (Å²) >= 11 is 0. The van der Waals surface area contributed by atoms with E-state index in [1.165, 1.54) is 5.56 Å². The molecule has 0 bridgehead atoms. The molecular formula is C24H20N2O3. The number of aromatic nitrogens is 1. The normalized spacial score (nSPS) is 16.9. The zero-order valence-corrected chi connectivity index (χ0v) is 16.1. The molecule has 0 aliphatic carbocycles. The Balaban J connectivity index is 1.44. The third-order valence-electron chi connectivity index (χ3n) is 5.25. The van der Waals surface area contributed by atoms with Crippen LogP contribution in [0, 0.1) is 6.92 Å². The van der Waals surface area contributed by atoms with Gasteiger partial charge in [-0.15, -0.1) is 0 Å². The minimum atomic E-state index is -0.0824. The predicted octanol–water partition coefficient (Wildman–Crippen LogP) is 4.36. The molecule has 0 atom stereocenters. The number of benzene rings is 2. The number of hydrogen-bond acceptors (Lipinski definition) is 5. The SMILES string of the molecule is Cc1c2c(cc3c1O/C(=C\c1ccccc1)C3=O)CN(Cc1ccncc1)CO2. The van der Waals surface area contributed by atoms with E-state index in [2.05, 4.69) is 9.88 Å². The second kappa shape index (κ2) is 7.18. The molecule has 3 heterocycles. The van der Waals surface area contributed by atoms with Gasteiger partial charge in [0.2, 0.25) is 5.78 Å². The lowest BCUT2D eigenvalue weighted by Crippen LogP contribution is -2.32. The summed E-state index contributed by atoms with van der Waals surface area (Å²) in [5.74, 6) is 1.70. The smallest absolute Gasteiger partial charge is 0.231 e. The van der Waals surface area contributed by atoms with Gasteiger partial charge in [0.1, 0.15) is 18.2 Å². The van der Waals surface area contributed by atoms with Crippen LogP contribution in [-0.4, -0.2) is 22.4 Å². The van der Waals surface area contributed by atoms with E-state index >= 15 is 0 Å². The highest BCUT2D eigenvalue weighted by atomic mass is 16.5. The highest BCUT2D eigenvalue weighted by Gasteiger charge is 2.33. The van der Waals surface area contributed by atoms with Crippen LogP contribution in [0.25, 0.3) is 6.08 Å². The van der Waals surface area contributed by atoms with Gasteiger partial charge in [-0.1, -0.05) is 30.3 Å².